The predicted molar refractivity (Wildman–Crippen MR) is 63.8 cm³/mol. The van der Waals surface area contributed by atoms with Gasteiger partial charge in [-0.25, -0.2) is 4.79 Å². The summed E-state index contributed by atoms with van der Waals surface area (Å²) in [5.74, 6) is 0.631. The van der Waals surface area contributed by atoms with E-state index in [-0.39, 0.29) is 0 Å². The maximum absolute atomic E-state index is 11.4. The van der Waals surface area contributed by atoms with Gasteiger partial charge >= 0.3 is 6.09 Å². The molecule has 1 rings (SSSR count). The Labute approximate surface area is 96.0 Å². The van der Waals surface area contributed by atoms with Crippen LogP contribution in [0.2, 0.25) is 0 Å². The van der Waals surface area contributed by atoms with Crippen LogP contribution in [-0.4, -0.2) is 26.2 Å². The summed E-state index contributed by atoms with van der Waals surface area (Å²) < 4.78 is 5.21. The highest BCUT2D eigenvalue weighted by molar-refractivity contribution is 5.70. The van der Waals surface area contributed by atoms with E-state index in [1.165, 1.54) is 0 Å². The first-order valence-electron chi connectivity index (χ1n) is 5.46. The molecule has 4 heteroatoms. The van der Waals surface area contributed by atoms with Crippen molar-refractivity contribution in [2.45, 2.75) is 13.3 Å². The first-order valence-corrected chi connectivity index (χ1v) is 5.46. The number of likely N-dealkylation sites (N-methyl/N-ethyl adjacent to an activating group) is 1. The highest BCUT2D eigenvalue weighted by atomic mass is 16.6. The zero-order valence-corrected chi connectivity index (χ0v) is 9.75. The molecule has 0 aliphatic heterocycles. The van der Waals surface area contributed by atoms with Crippen LogP contribution in [-0.2, 0) is 6.42 Å². The number of amides is 1. The van der Waals surface area contributed by atoms with E-state index < -0.39 is 6.09 Å². The fourth-order valence-corrected chi connectivity index (χ4v) is 1.32. The molecule has 0 unspecified atom stereocenters. The number of nitrogens with one attached hydrogen (secondary N) is 2. The summed E-state index contributed by atoms with van der Waals surface area (Å²) in [6, 6.07) is 7.55. The Bertz CT molecular complexity index is 340. The molecule has 0 fully saturated rings. The summed E-state index contributed by atoms with van der Waals surface area (Å²) in [5, 5.41) is 5.60. The standard InChI is InChI=1S/C12H18N2O2/c1-3-10-6-4-5-7-11(10)16-12(15)14-9-8-13-2/h4-7,13H,3,8-9H2,1-2H3,(H,14,15). The van der Waals surface area contributed by atoms with E-state index in [9.17, 15) is 4.79 Å². The SMILES string of the molecule is CCc1ccccc1OC(=O)NCCNC. The van der Waals surface area contributed by atoms with Crippen LogP contribution in [0, 0.1) is 0 Å². The highest BCUT2D eigenvalue weighted by Crippen LogP contribution is 2.18. The molecule has 1 aromatic rings. The monoisotopic (exact) mass is 222 g/mol. The summed E-state index contributed by atoms with van der Waals surface area (Å²) >= 11 is 0. The Morgan fingerprint density at radius 1 is 1.31 bits per heavy atom. The number of para-hydroxylation sites is 1. The predicted octanol–water partition coefficient (Wildman–Crippen LogP) is 1.56. The van der Waals surface area contributed by atoms with Crippen molar-refractivity contribution < 1.29 is 9.53 Å². The molecule has 0 aromatic heterocycles. The third kappa shape index (κ3) is 3.90. The number of aryl methyl sites for hydroxylation is 1. The zero-order chi connectivity index (χ0) is 11.8. The lowest BCUT2D eigenvalue weighted by Gasteiger charge is -2.09. The van der Waals surface area contributed by atoms with Gasteiger partial charge in [0.1, 0.15) is 5.75 Å². The third-order valence-electron chi connectivity index (χ3n) is 2.20. The number of carbonyl (C=O) groups excluding carboxylic acids is 1. The Morgan fingerprint density at radius 2 is 2.06 bits per heavy atom. The van der Waals surface area contributed by atoms with Gasteiger partial charge < -0.3 is 15.4 Å². The number of hydrogen-bond donors (Lipinski definition) is 2. The van der Waals surface area contributed by atoms with Crippen molar-refractivity contribution >= 4 is 6.09 Å². The van der Waals surface area contributed by atoms with Gasteiger partial charge in [0, 0.05) is 13.1 Å². The van der Waals surface area contributed by atoms with Crippen LogP contribution >= 0.6 is 0 Å². The maximum Gasteiger partial charge on any atom is 0.412 e. The van der Waals surface area contributed by atoms with Gasteiger partial charge in [0.05, 0.1) is 0 Å². The molecule has 0 radical (unpaired) electrons. The van der Waals surface area contributed by atoms with Crippen LogP contribution in [0.1, 0.15) is 12.5 Å². The molecular weight excluding hydrogens is 204 g/mol. The van der Waals surface area contributed by atoms with Gasteiger partial charge in [-0.15, -0.1) is 0 Å². The fourth-order valence-electron chi connectivity index (χ4n) is 1.32. The van der Waals surface area contributed by atoms with E-state index in [2.05, 4.69) is 10.6 Å². The van der Waals surface area contributed by atoms with Crippen LogP contribution in [0.25, 0.3) is 0 Å². The molecule has 1 amide bonds. The molecule has 0 aliphatic rings. The molecule has 88 valence electrons. The van der Waals surface area contributed by atoms with Crippen molar-refractivity contribution in [3.05, 3.63) is 29.8 Å². The number of hydrogen-bond acceptors (Lipinski definition) is 3. The first-order chi connectivity index (χ1) is 7.77. The van der Waals surface area contributed by atoms with Crippen molar-refractivity contribution in [1.82, 2.24) is 10.6 Å². The molecule has 0 saturated heterocycles. The smallest absolute Gasteiger partial charge is 0.410 e. The van der Waals surface area contributed by atoms with E-state index in [0.717, 1.165) is 18.5 Å². The molecular formula is C12H18N2O2. The second kappa shape index (κ2) is 6.85. The fraction of sp³-hybridized carbons (Fsp3) is 0.417. The Hall–Kier alpha value is -1.55. The number of benzene rings is 1. The molecule has 2 N–H and O–H groups in total. The molecule has 16 heavy (non-hydrogen) atoms. The van der Waals surface area contributed by atoms with Crippen LogP contribution in [0.4, 0.5) is 4.79 Å². The lowest BCUT2D eigenvalue weighted by molar-refractivity contribution is 0.200. The van der Waals surface area contributed by atoms with Crippen LogP contribution in [0.15, 0.2) is 24.3 Å². The summed E-state index contributed by atoms with van der Waals surface area (Å²) in [7, 11) is 1.83. The minimum atomic E-state index is -0.406. The van der Waals surface area contributed by atoms with Gasteiger partial charge in [0.25, 0.3) is 0 Å². The van der Waals surface area contributed by atoms with E-state index >= 15 is 0 Å². The van der Waals surface area contributed by atoms with E-state index in [1.54, 1.807) is 6.07 Å². The van der Waals surface area contributed by atoms with E-state index in [0.29, 0.717) is 12.3 Å². The normalized spacial score (nSPS) is 9.88. The summed E-state index contributed by atoms with van der Waals surface area (Å²) in [6.45, 7) is 3.31. The second-order valence-electron chi connectivity index (χ2n) is 3.38. The van der Waals surface area contributed by atoms with Crippen LogP contribution < -0.4 is 15.4 Å². The molecule has 0 atom stereocenters. The number of ether oxygens (including phenoxy) is 1. The van der Waals surface area contributed by atoms with Crippen molar-refractivity contribution in [3.8, 4) is 5.75 Å². The maximum atomic E-state index is 11.4. The average molecular weight is 222 g/mol. The summed E-state index contributed by atoms with van der Waals surface area (Å²) in [4.78, 5) is 11.4. The molecule has 0 saturated carbocycles. The van der Waals surface area contributed by atoms with Gasteiger partial charge in [-0.2, -0.15) is 0 Å². The number of carbonyl (C=O) groups is 1. The van der Waals surface area contributed by atoms with Gasteiger partial charge in [0.2, 0.25) is 0 Å². The summed E-state index contributed by atoms with van der Waals surface area (Å²) in [6.07, 6.45) is 0.441. The van der Waals surface area contributed by atoms with Crippen molar-refractivity contribution in [3.63, 3.8) is 0 Å². The van der Waals surface area contributed by atoms with Crippen LogP contribution in [0.5, 0.6) is 5.75 Å². The quantitative estimate of drug-likeness (QED) is 0.743. The van der Waals surface area contributed by atoms with Crippen molar-refractivity contribution in [2.75, 3.05) is 20.1 Å². The topological polar surface area (TPSA) is 50.4 Å². The number of rotatable bonds is 5. The lowest BCUT2D eigenvalue weighted by atomic mass is 10.1. The van der Waals surface area contributed by atoms with Gasteiger partial charge in [-0.05, 0) is 25.1 Å². The minimum Gasteiger partial charge on any atom is -0.410 e. The Balaban J connectivity index is 2.49. The van der Waals surface area contributed by atoms with Crippen molar-refractivity contribution in [1.29, 1.82) is 0 Å². The van der Waals surface area contributed by atoms with Crippen molar-refractivity contribution in [2.24, 2.45) is 0 Å². The Kier molecular flexibility index (Phi) is 5.36. The molecule has 4 nitrogen and oxygen atoms in total. The van der Waals surface area contributed by atoms with E-state index in [4.69, 9.17) is 4.74 Å². The van der Waals surface area contributed by atoms with Gasteiger partial charge in [-0.1, -0.05) is 25.1 Å². The minimum absolute atomic E-state index is 0.406. The summed E-state index contributed by atoms with van der Waals surface area (Å²) in [5.41, 5.74) is 1.03. The average Bonchev–Trinajstić information content (AvgIpc) is 2.30. The third-order valence-corrected chi connectivity index (χ3v) is 2.20. The Morgan fingerprint density at radius 3 is 2.75 bits per heavy atom. The molecule has 0 aliphatic carbocycles. The first kappa shape index (κ1) is 12.5. The molecule has 1 aromatic carbocycles. The second-order valence-corrected chi connectivity index (χ2v) is 3.38. The molecule has 0 spiro atoms. The largest absolute Gasteiger partial charge is 0.412 e. The lowest BCUT2D eigenvalue weighted by Crippen LogP contribution is -2.32. The molecule has 0 heterocycles. The van der Waals surface area contributed by atoms with Crippen LogP contribution in [0.3, 0.4) is 0 Å². The molecule has 0 bridgehead atoms. The van der Waals surface area contributed by atoms with Gasteiger partial charge in [-0.3, -0.25) is 0 Å². The zero-order valence-electron chi connectivity index (χ0n) is 9.75. The van der Waals surface area contributed by atoms with Gasteiger partial charge in [0.15, 0.2) is 0 Å². The highest BCUT2D eigenvalue weighted by Gasteiger charge is 2.06. The van der Waals surface area contributed by atoms with E-state index in [1.807, 2.05) is 32.2 Å².